The van der Waals surface area contributed by atoms with Crippen LogP contribution in [0.2, 0.25) is 0 Å². The Morgan fingerprint density at radius 2 is 2.09 bits per heavy atom. The Kier molecular flexibility index (Phi) is 8.13. The maximum Gasteiger partial charge on any atom is 0.259 e. The summed E-state index contributed by atoms with van der Waals surface area (Å²) in [5, 5.41) is 9.77. The van der Waals surface area contributed by atoms with Gasteiger partial charge in [-0.1, -0.05) is 24.8 Å². The number of aromatic nitrogens is 1. The van der Waals surface area contributed by atoms with Crippen LogP contribution < -0.4 is 9.47 Å². The summed E-state index contributed by atoms with van der Waals surface area (Å²) in [5.74, 6) is 6.56. The summed E-state index contributed by atoms with van der Waals surface area (Å²) < 4.78 is 11.4. The van der Waals surface area contributed by atoms with Gasteiger partial charge in [0.2, 0.25) is 11.8 Å². The summed E-state index contributed by atoms with van der Waals surface area (Å²) in [6.07, 6.45) is 1.19. The molecule has 1 aliphatic rings. The number of nitrogens with zero attached hydrogens (tertiary/aromatic N) is 3. The van der Waals surface area contributed by atoms with Crippen LogP contribution in [0.3, 0.4) is 0 Å². The minimum atomic E-state index is -0.390. The van der Waals surface area contributed by atoms with E-state index >= 15 is 0 Å². The summed E-state index contributed by atoms with van der Waals surface area (Å²) in [6.45, 7) is 5.80. The summed E-state index contributed by atoms with van der Waals surface area (Å²) in [7, 11) is 3.31. The van der Waals surface area contributed by atoms with Crippen LogP contribution in [0.4, 0.5) is 0 Å². The molecule has 0 fully saturated rings. The molecule has 0 radical (unpaired) electrons. The van der Waals surface area contributed by atoms with Gasteiger partial charge in [-0.25, -0.2) is 4.98 Å². The third-order valence-electron chi connectivity index (χ3n) is 5.93. The molecule has 8 heteroatoms. The van der Waals surface area contributed by atoms with Crippen LogP contribution in [0.5, 0.6) is 11.6 Å². The second kappa shape index (κ2) is 11.0. The molecule has 8 nitrogen and oxygen atoms in total. The van der Waals surface area contributed by atoms with Gasteiger partial charge in [0.05, 0.1) is 26.3 Å². The number of amides is 2. The van der Waals surface area contributed by atoms with Crippen molar-refractivity contribution in [2.75, 3.05) is 33.9 Å². The van der Waals surface area contributed by atoms with E-state index in [9.17, 15) is 14.7 Å². The van der Waals surface area contributed by atoms with Gasteiger partial charge in [0.25, 0.3) is 5.91 Å². The number of carbonyl (C=O) groups is 2. The Balaban J connectivity index is 2.00. The van der Waals surface area contributed by atoms with E-state index in [1.807, 2.05) is 31.2 Å². The number of ether oxygens (including phenoxy) is 2. The van der Waals surface area contributed by atoms with Crippen LogP contribution in [0, 0.1) is 17.8 Å². The Morgan fingerprint density at radius 3 is 2.76 bits per heavy atom. The second-order valence-corrected chi connectivity index (χ2v) is 8.58. The number of likely N-dealkylation sites (N-methyl/N-ethyl adjacent to an activating group) is 1. The summed E-state index contributed by atoms with van der Waals surface area (Å²) >= 11 is 0. The van der Waals surface area contributed by atoms with Crippen molar-refractivity contribution in [3.05, 3.63) is 53.2 Å². The largest absolute Gasteiger partial charge is 0.497 e. The summed E-state index contributed by atoms with van der Waals surface area (Å²) in [6, 6.07) is 8.66. The van der Waals surface area contributed by atoms with Gasteiger partial charge in [0, 0.05) is 43.8 Å². The predicted octanol–water partition coefficient (Wildman–Crippen LogP) is 2.19. The molecule has 0 bridgehead atoms. The number of pyridine rings is 1. The minimum absolute atomic E-state index is 0.0779. The topological polar surface area (TPSA) is 92.2 Å². The second-order valence-electron chi connectivity index (χ2n) is 8.58. The van der Waals surface area contributed by atoms with Crippen molar-refractivity contribution in [3.8, 4) is 23.5 Å². The first-order valence-corrected chi connectivity index (χ1v) is 11.2. The van der Waals surface area contributed by atoms with Crippen LogP contribution in [0.25, 0.3) is 0 Å². The van der Waals surface area contributed by atoms with Gasteiger partial charge in [-0.05, 0) is 31.2 Å². The predicted molar refractivity (Wildman–Crippen MR) is 128 cm³/mol. The Hall–Kier alpha value is -3.57. The van der Waals surface area contributed by atoms with E-state index in [1.54, 1.807) is 43.1 Å². The fraction of sp³-hybridized carbons (Fsp3) is 0.423. The van der Waals surface area contributed by atoms with Gasteiger partial charge < -0.3 is 24.4 Å². The van der Waals surface area contributed by atoms with Crippen molar-refractivity contribution in [2.24, 2.45) is 5.92 Å². The fourth-order valence-electron chi connectivity index (χ4n) is 3.63. The summed E-state index contributed by atoms with van der Waals surface area (Å²) in [5.41, 5.74) is 1.60. The molecule has 180 valence electrons. The fourth-order valence-corrected chi connectivity index (χ4v) is 3.63. The van der Waals surface area contributed by atoms with Gasteiger partial charge in [0.15, 0.2) is 0 Å². The molecule has 0 saturated carbocycles. The molecule has 34 heavy (non-hydrogen) atoms. The molecule has 2 amide bonds. The van der Waals surface area contributed by atoms with E-state index in [1.165, 1.54) is 6.92 Å². The van der Waals surface area contributed by atoms with E-state index in [4.69, 9.17) is 9.47 Å². The first-order valence-electron chi connectivity index (χ1n) is 11.2. The molecule has 1 N–H and O–H groups in total. The maximum atomic E-state index is 13.4. The molecule has 1 aromatic heterocycles. The van der Waals surface area contributed by atoms with E-state index in [2.05, 4.69) is 16.8 Å². The van der Waals surface area contributed by atoms with Crippen molar-refractivity contribution < 1.29 is 24.2 Å². The molecule has 3 atom stereocenters. The van der Waals surface area contributed by atoms with Gasteiger partial charge >= 0.3 is 0 Å². The number of rotatable bonds is 5. The molecule has 0 saturated heterocycles. The number of hydrogen-bond donors (Lipinski definition) is 1. The number of carbonyl (C=O) groups excluding carboxylic acids is 2. The van der Waals surface area contributed by atoms with E-state index in [0.717, 1.165) is 5.56 Å². The third kappa shape index (κ3) is 5.86. The number of aliphatic hydroxyl groups is 1. The zero-order chi connectivity index (χ0) is 24.8. The van der Waals surface area contributed by atoms with Crippen LogP contribution >= 0.6 is 0 Å². The highest BCUT2D eigenvalue weighted by Crippen LogP contribution is 2.27. The third-order valence-corrected chi connectivity index (χ3v) is 5.93. The Bertz CT molecular complexity index is 1110. The molecule has 2 aromatic rings. The number of benzene rings is 1. The van der Waals surface area contributed by atoms with Crippen molar-refractivity contribution in [1.29, 1.82) is 0 Å². The summed E-state index contributed by atoms with van der Waals surface area (Å²) in [4.78, 5) is 32.9. The number of aliphatic hydroxyl groups excluding tert-OH is 1. The van der Waals surface area contributed by atoms with Crippen molar-refractivity contribution in [2.45, 2.75) is 32.9 Å². The number of hydrogen-bond acceptors (Lipinski definition) is 6. The van der Waals surface area contributed by atoms with Crippen LogP contribution in [0.1, 0.15) is 42.3 Å². The van der Waals surface area contributed by atoms with E-state index in [-0.39, 0.29) is 41.9 Å². The highest BCUT2D eigenvalue weighted by atomic mass is 16.5. The van der Waals surface area contributed by atoms with Crippen molar-refractivity contribution in [1.82, 2.24) is 14.8 Å². The first kappa shape index (κ1) is 25.1. The Morgan fingerprint density at radius 1 is 1.35 bits per heavy atom. The number of methoxy groups -OCH3 is 1. The molecule has 2 heterocycles. The SMILES string of the molecule is COc1cccc(C#Cc2cnc3c(c2)C(=O)N([C@H](C)CO)C[C@@H](C)[C@H](CN(C)C(C)=O)O3)c1. The minimum Gasteiger partial charge on any atom is -0.497 e. The van der Waals surface area contributed by atoms with Crippen LogP contribution in [-0.2, 0) is 4.79 Å². The lowest BCUT2D eigenvalue weighted by atomic mass is 10.00. The molecule has 0 aliphatic carbocycles. The average Bonchev–Trinajstić information content (AvgIpc) is 2.84. The monoisotopic (exact) mass is 465 g/mol. The van der Waals surface area contributed by atoms with Gasteiger partial charge in [-0.3, -0.25) is 9.59 Å². The molecule has 0 spiro atoms. The van der Waals surface area contributed by atoms with Gasteiger partial charge in [0.1, 0.15) is 17.4 Å². The molecule has 1 aliphatic heterocycles. The van der Waals surface area contributed by atoms with Crippen molar-refractivity contribution in [3.63, 3.8) is 0 Å². The maximum absolute atomic E-state index is 13.4. The number of fused-ring (bicyclic) bond motifs is 1. The van der Waals surface area contributed by atoms with E-state index < -0.39 is 6.04 Å². The molecule has 3 rings (SSSR count). The quantitative estimate of drug-likeness (QED) is 0.681. The normalized spacial score (nSPS) is 18.4. The van der Waals surface area contributed by atoms with Crippen molar-refractivity contribution >= 4 is 11.8 Å². The van der Waals surface area contributed by atoms with E-state index in [0.29, 0.717) is 24.4 Å². The smallest absolute Gasteiger partial charge is 0.259 e. The standard InChI is InChI=1S/C26H31N3O5/c1-17-14-29(18(2)16-30)26(32)23-12-21(10-9-20-7-6-8-22(11-20)33-5)13-27-25(23)34-24(17)15-28(4)19(3)31/h6-8,11-13,17-18,24,30H,14-16H2,1-5H3/t17-,18-,24+/m1/s1. The molecular formula is C26H31N3O5. The molecular weight excluding hydrogens is 434 g/mol. The lowest BCUT2D eigenvalue weighted by Crippen LogP contribution is -2.50. The highest BCUT2D eigenvalue weighted by Gasteiger charge is 2.34. The van der Waals surface area contributed by atoms with Gasteiger partial charge in [-0.2, -0.15) is 0 Å². The molecule has 0 unspecified atom stereocenters. The molecule has 1 aromatic carbocycles. The zero-order valence-electron chi connectivity index (χ0n) is 20.2. The Labute approximate surface area is 200 Å². The lowest BCUT2D eigenvalue weighted by molar-refractivity contribution is -0.129. The van der Waals surface area contributed by atoms with Gasteiger partial charge in [-0.15, -0.1) is 0 Å². The van der Waals surface area contributed by atoms with Crippen LogP contribution in [0.15, 0.2) is 36.5 Å². The zero-order valence-corrected chi connectivity index (χ0v) is 20.2. The lowest BCUT2D eigenvalue weighted by Gasteiger charge is -2.37. The average molecular weight is 466 g/mol. The van der Waals surface area contributed by atoms with Crippen LogP contribution in [-0.4, -0.2) is 77.7 Å². The first-order chi connectivity index (χ1) is 16.2. The highest BCUT2D eigenvalue weighted by molar-refractivity contribution is 5.97.